The second-order valence-corrected chi connectivity index (χ2v) is 8.79. The Morgan fingerprint density at radius 3 is 2.67 bits per heavy atom. The van der Waals surface area contributed by atoms with Gasteiger partial charge in [0.05, 0.1) is 17.8 Å². The molecule has 0 spiro atoms. The number of hydrogen-bond donors (Lipinski definition) is 3. The van der Waals surface area contributed by atoms with Crippen LogP contribution in [0.2, 0.25) is 0 Å². The Labute approximate surface area is 218 Å². The minimum atomic E-state index is -4.84. The van der Waals surface area contributed by atoms with E-state index in [-0.39, 0.29) is 35.2 Å². The summed E-state index contributed by atoms with van der Waals surface area (Å²) in [5.41, 5.74) is 2.38. The first-order valence-electron chi connectivity index (χ1n) is 11.7. The molecule has 3 N–H and O–H groups in total. The number of halogens is 3. The van der Waals surface area contributed by atoms with E-state index in [2.05, 4.69) is 25.5 Å². The number of aromatic nitrogens is 3. The molecule has 0 unspecified atom stereocenters. The minimum absolute atomic E-state index is 0.0475. The van der Waals surface area contributed by atoms with Crippen molar-refractivity contribution in [1.82, 2.24) is 25.2 Å². The van der Waals surface area contributed by atoms with Gasteiger partial charge >= 0.3 is 12.3 Å². The van der Waals surface area contributed by atoms with Gasteiger partial charge in [0.15, 0.2) is 5.65 Å². The highest BCUT2D eigenvalue weighted by Gasteiger charge is 2.31. The molecule has 1 atom stereocenters. The van der Waals surface area contributed by atoms with Crippen molar-refractivity contribution in [2.24, 2.45) is 0 Å². The highest BCUT2D eigenvalue weighted by atomic mass is 19.4. The molecule has 2 aromatic heterocycles. The molecule has 0 saturated carbocycles. The third-order valence-electron chi connectivity index (χ3n) is 6.18. The first kappa shape index (κ1) is 25.7. The van der Waals surface area contributed by atoms with Gasteiger partial charge in [-0.2, -0.15) is 5.10 Å². The van der Waals surface area contributed by atoms with Gasteiger partial charge in [-0.25, -0.2) is 14.3 Å². The molecule has 1 aliphatic rings. The summed E-state index contributed by atoms with van der Waals surface area (Å²) in [6, 6.07) is 12.4. The van der Waals surface area contributed by atoms with E-state index in [0.29, 0.717) is 18.4 Å². The van der Waals surface area contributed by atoms with E-state index in [0.717, 1.165) is 23.3 Å². The van der Waals surface area contributed by atoms with E-state index < -0.39 is 29.9 Å². The second kappa shape index (κ2) is 10.1. The molecule has 2 heterocycles. The summed E-state index contributed by atoms with van der Waals surface area (Å²) in [7, 11) is 0. The predicted octanol–water partition coefficient (Wildman–Crippen LogP) is 3.67. The number of fused-ring (bicyclic) bond motifs is 2. The normalized spacial score (nSPS) is 14.6. The quantitative estimate of drug-likeness (QED) is 0.326. The lowest BCUT2D eigenvalue weighted by Crippen LogP contribution is -2.30. The molecule has 0 fully saturated rings. The van der Waals surface area contributed by atoms with Crippen LogP contribution in [-0.4, -0.2) is 43.9 Å². The van der Waals surface area contributed by atoms with Crippen molar-refractivity contribution in [3.05, 3.63) is 94.4 Å². The number of hydrogen-bond acceptors (Lipinski definition) is 6. The molecule has 39 heavy (non-hydrogen) atoms. The predicted molar refractivity (Wildman–Crippen MR) is 129 cm³/mol. The fourth-order valence-electron chi connectivity index (χ4n) is 4.45. The van der Waals surface area contributed by atoms with E-state index in [4.69, 9.17) is 0 Å². The van der Waals surface area contributed by atoms with Crippen molar-refractivity contribution < 1.29 is 37.4 Å². The number of nitrogens with one attached hydrogen (secondary N) is 2. The largest absolute Gasteiger partial charge is 0.573 e. The molecule has 0 aliphatic heterocycles. The van der Waals surface area contributed by atoms with Crippen LogP contribution in [-0.2, 0) is 13.0 Å². The highest BCUT2D eigenvalue weighted by Crippen LogP contribution is 2.32. The fraction of sp³-hybridized carbons (Fsp3) is 0.192. The average Bonchev–Trinajstić information content (AvgIpc) is 3.52. The van der Waals surface area contributed by atoms with Crippen LogP contribution in [0.1, 0.15) is 60.5 Å². The third-order valence-corrected chi connectivity index (χ3v) is 6.18. The lowest BCUT2D eigenvalue weighted by Gasteiger charge is -2.15. The zero-order chi connectivity index (χ0) is 27.7. The Morgan fingerprint density at radius 2 is 1.90 bits per heavy atom. The Bertz CT molecular complexity index is 1600. The standard InChI is InChI=1S/C26H20F3N5O5/c27-26(28,29)39-17-3-1-2-14(10-17)13-30-23(35)20-12-21(34-22(32-20)8-9-31-34)24(36)33-19-7-5-15-11-16(25(37)38)4-6-18(15)19/h1-4,6,8-12,19H,5,7,13H2,(H,30,35)(H,33,36)(H,37,38)/t19-/m1/s1. The summed E-state index contributed by atoms with van der Waals surface area (Å²) in [4.78, 5) is 41.6. The van der Waals surface area contributed by atoms with Crippen LogP contribution >= 0.6 is 0 Å². The molecule has 0 radical (unpaired) electrons. The van der Waals surface area contributed by atoms with Gasteiger partial charge in [-0.1, -0.05) is 18.2 Å². The van der Waals surface area contributed by atoms with E-state index in [1.165, 1.54) is 41.0 Å². The summed E-state index contributed by atoms with van der Waals surface area (Å²) in [5, 5.41) is 18.8. The van der Waals surface area contributed by atoms with Crippen LogP contribution in [0.5, 0.6) is 5.75 Å². The topological polar surface area (TPSA) is 135 Å². The number of aryl methyl sites for hydroxylation is 1. The van der Waals surface area contributed by atoms with E-state index in [1.54, 1.807) is 12.1 Å². The van der Waals surface area contributed by atoms with Gasteiger partial charge in [-0.15, -0.1) is 13.2 Å². The van der Waals surface area contributed by atoms with Crippen molar-refractivity contribution in [2.45, 2.75) is 31.8 Å². The van der Waals surface area contributed by atoms with E-state index >= 15 is 0 Å². The Hall–Kier alpha value is -4.94. The molecule has 0 bridgehead atoms. The maximum absolute atomic E-state index is 13.3. The second-order valence-electron chi connectivity index (χ2n) is 8.79. The average molecular weight is 539 g/mol. The maximum atomic E-state index is 13.3. The first-order valence-corrected chi connectivity index (χ1v) is 11.7. The van der Waals surface area contributed by atoms with Gasteiger partial charge in [0.1, 0.15) is 17.1 Å². The zero-order valence-electron chi connectivity index (χ0n) is 20.0. The molecule has 10 nitrogen and oxygen atoms in total. The number of aromatic carboxylic acids is 1. The molecule has 2 aromatic carbocycles. The Balaban J connectivity index is 1.32. The number of carboxylic acids is 1. The molecule has 200 valence electrons. The third kappa shape index (κ3) is 5.66. The van der Waals surface area contributed by atoms with Crippen molar-refractivity contribution in [3.63, 3.8) is 0 Å². The molecule has 13 heteroatoms. The van der Waals surface area contributed by atoms with Crippen molar-refractivity contribution >= 4 is 23.4 Å². The molecular formula is C26H20F3N5O5. The number of carbonyl (C=O) groups excluding carboxylic acids is 2. The van der Waals surface area contributed by atoms with E-state index in [9.17, 15) is 32.7 Å². The number of rotatable bonds is 7. The fourth-order valence-corrected chi connectivity index (χ4v) is 4.45. The number of carbonyl (C=O) groups is 3. The maximum Gasteiger partial charge on any atom is 0.573 e. The zero-order valence-corrected chi connectivity index (χ0v) is 20.0. The number of carboxylic acid groups (broad SMARTS) is 1. The lowest BCUT2D eigenvalue weighted by molar-refractivity contribution is -0.274. The minimum Gasteiger partial charge on any atom is -0.478 e. The monoisotopic (exact) mass is 539 g/mol. The summed E-state index contributed by atoms with van der Waals surface area (Å²) < 4.78 is 42.7. The van der Waals surface area contributed by atoms with Gasteiger partial charge < -0.3 is 20.5 Å². The van der Waals surface area contributed by atoms with Crippen LogP contribution < -0.4 is 15.4 Å². The SMILES string of the molecule is O=C(O)c1ccc2c(c1)CC[C@H]2NC(=O)c1cc(C(=O)NCc2cccc(OC(F)(F)F)c2)nc2ccnn12. The summed E-state index contributed by atoms with van der Waals surface area (Å²) in [5.74, 6) is -2.62. The first-order chi connectivity index (χ1) is 18.6. The lowest BCUT2D eigenvalue weighted by atomic mass is 10.0. The Morgan fingerprint density at radius 1 is 1.08 bits per heavy atom. The number of alkyl halides is 3. The van der Waals surface area contributed by atoms with Crippen molar-refractivity contribution in [2.75, 3.05) is 0 Å². The molecule has 1 aliphatic carbocycles. The molecular weight excluding hydrogens is 519 g/mol. The smallest absolute Gasteiger partial charge is 0.478 e. The summed E-state index contributed by atoms with van der Waals surface area (Å²) >= 11 is 0. The van der Waals surface area contributed by atoms with Gasteiger partial charge in [-0.3, -0.25) is 9.59 Å². The molecule has 2 amide bonds. The van der Waals surface area contributed by atoms with Gasteiger partial charge in [-0.05, 0) is 53.8 Å². The van der Waals surface area contributed by atoms with Gasteiger partial charge in [0.25, 0.3) is 11.8 Å². The Kier molecular flexibility index (Phi) is 6.64. The van der Waals surface area contributed by atoms with Crippen molar-refractivity contribution in [3.8, 4) is 5.75 Å². The van der Waals surface area contributed by atoms with Crippen LogP contribution in [0.25, 0.3) is 5.65 Å². The summed E-state index contributed by atoms with van der Waals surface area (Å²) in [6.07, 6.45) is -2.25. The number of amides is 2. The molecule has 5 rings (SSSR count). The van der Waals surface area contributed by atoms with Crippen LogP contribution in [0.4, 0.5) is 13.2 Å². The van der Waals surface area contributed by atoms with Crippen LogP contribution in [0.3, 0.4) is 0 Å². The van der Waals surface area contributed by atoms with E-state index in [1.807, 2.05) is 0 Å². The van der Waals surface area contributed by atoms with Crippen LogP contribution in [0, 0.1) is 0 Å². The van der Waals surface area contributed by atoms with Gasteiger partial charge in [0.2, 0.25) is 0 Å². The number of benzene rings is 2. The summed E-state index contributed by atoms with van der Waals surface area (Å²) in [6.45, 7) is -0.112. The van der Waals surface area contributed by atoms with Crippen LogP contribution in [0.15, 0.2) is 60.8 Å². The number of nitrogens with zero attached hydrogens (tertiary/aromatic N) is 3. The number of ether oxygens (including phenoxy) is 1. The van der Waals surface area contributed by atoms with Gasteiger partial charge in [0, 0.05) is 18.7 Å². The van der Waals surface area contributed by atoms with Crippen molar-refractivity contribution in [1.29, 1.82) is 0 Å². The highest BCUT2D eigenvalue weighted by molar-refractivity contribution is 5.98. The molecule has 4 aromatic rings. The molecule has 0 saturated heterocycles.